The number of hydrogen-bond donors (Lipinski definition) is 3. The zero-order valence-electron chi connectivity index (χ0n) is 27.0. The number of hydrogen-bond acceptors (Lipinski definition) is 5. The van der Waals surface area contributed by atoms with E-state index in [-0.39, 0.29) is 11.6 Å². The number of anilines is 1. The molecule has 0 atom stereocenters. The van der Waals surface area contributed by atoms with Crippen LogP contribution < -0.4 is 20.9 Å². The van der Waals surface area contributed by atoms with E-state index in [0.29, 0.717) is 31.1 Å². The van der Waals surface area contributed by atoms with Crippen molar-refractivity contribution < 1.29 is 9.53 Å². The first-order valence-corrected chi connectivity index (χ1v) is 15.0. The number of urea groups is 1. The van der Waals surface area contributed by atoms with E-state index in [1.165, 1.54) is 0 Å². The molecule has 2 aromatic heterocycles. The number of carbonyl (C=O) groups excluding carboxylic acids is 1. The van der Waals surface area contributed by atoms with Gasteiger partial charge in [-0.2, -0.15) is 0 Å². The third-order valence-electron chi connectivity index (χ3n) is 6.23. The molecule has 2 heterocycles. The summed E-state index contributed by atoms with van der Waals surface area (Å²) in [7, 11) is 1.63. The second-order valence-electron chi connectivity index (χ2n) is 9.01. The maximum absolute atomic E-state index is 13.3. The Morgan fingerprint density at radius 2 is 1.79 bits per heavy atom. The van der Waals surface area contributed by atoms with Crippen LogP contribution in [-0.2, 0) is 6.54 Å². The molecule has 230 valence electrons. The van der Waals surface area contributed by atoms with Gasteiger partial charge in [0.25, 0.3) is 5.56 Å². The van der Waals surface area contributed by atoms with Crippen molar-refractivity contribution >= 4 is 28.7 Å². The van der Waals surface area contributed by atoms with Gasteiger partial charge in [-0.1, -0.05) is 45.9 Å². The van der Waals surface area contributed by atoms with Crippen molar-refractivity contribution in [2.45, 2.75) is 61.9 Å². The summed E-state index contributed by atoms with van der Waals surface area (Å²) >= 11 is 0. The van der Waals surface area contributed by atoms with Gasteiger partial charge in [-0.05, 0) is 80.8 Å². The number of pyridine rings is 1. The lowest BCUT2D eigenvalue weighted by atomic mass is 9.99. The minimum Gasteiger partial charge on any atom is -0.497 e. The lowest BCUT2D eigenvalue weighted by Gasteiger charge is -2.14. The highest BCUT2D eigenvalue weighted by atomic mass is 16.5. The Labute approximate surface area is 255 Å². The number of nitrogens with zero attached hydrogens (tertiary/aromatic N) is 3. The molecule has 43 heavy (non-hydrogen) atoms. The monoisotopic (exact) mass is 586 g/mol. The van der Waals surface area contributed by atoms with Gasteiger partial charge >= 0.3 is 6.03 Å². The second-order valence-corrected chi connectivity index (χ2v) is 9.01. The van der Waals surface area contributed by atoms with Crippen LogP contribution in [0, 0.1) is 6.92 Å². The summed E-state index contributed by atoms with van der Waals surface area (Å²) < 4.78 is 7.07. The first kappa shape index (κ1) is 34.5. The van der Waals surface area contributed by atoms with Crippen molar-refractivity contribution in [3.05, 3.63) is 87.9 Å². The van der Waals surface area contributed by atoms with Crippen LogP contribution in [-0.4, -0.2) is 46.5 Å². The fraction of sp³-hybridized carbons (Fsp3) is 0.353. The van der Waals surface area contributed by atoms with Gasteiger partial charge < -0.3 is 19.6 Å². The standard InChI is InChI=1S/C30H34N6O3.2C2H6/c1-6-10-25(31-7-2)24-15-22(16-26-28(24)34-29(33-26)35-30(38)32-8-3)21-13-19(4)36(27(37)17-21)18-20-11-9-12-23(14-20)39-5;2*1-2/h6,9-17H,7-8,18H2,1-5H3,(H3,32,33,34,35,38);2*1-2H3/b10-6-,31-25?;;. The Balaban J connectivity index is 0.00000155. The molecule has 0 radical (unpaired) electrons. The summed E-state index contributed by atoms with van der Waals surface area (Å²) in [6.07, 6.45) is 3.86. The molecule has 0 aliphatic rings. The maximum atomic E-state index is 13.3. The first-order chi connectivity index (χ1) is 20.9. The Bertz CT molecular complexity index is 1610. The highest BCUT2D eigenvalue weighted by Crippen LogP contribution is 2.29. The van der Waals surface area contributed by atoms with Crippen LogP contribution in [0.5, 0.6) is 5.75 Å². The van der Waals surface area contributed by atoms with E-state index < -0.39 is 0 Å². The average molecular weight is 587 g/mol. The summed E-state index contributed by atoms with van der Waals surface area (Å²) in [5, 5.41) is 5.45. The van der Waals surface area contributed by atoms with Gasteiger partial charge in [-0.25, -0.2) is 9.78 Å². The zero-order chi connectivity index (χ0) is 31.9. The van der Waals surface area contributed by atoms with Crippen LogP contribution >= 0.6 is 0 Å². The van der Waals surface area contributed by atoms with Gasteiger partial charge in [0.05, 0.1) is 30.4 Å². The lowest BCUT2D eigenvalue weighted by molar-refractivity contribution is 0.252. The summed E-state index contributed by atoms with van der Waals surface area (Å²) in [5.41, 5.74) is 6.31. The van der Waals surface area contributed by atoms with Gasteiger partial charge in [-0.15, -0.1) is 0 Å². The number of aryl methyl sites for hydroxylation is 1. The minimum absolute atomic E-state index is 0.103. The Kier molecular flexibility index (Phi) is 13.9. The van der Waals surface area contributed by atoms with Crippen LogP contribution in [0.1, 0.15) is 65.3 Å². The van der Waals surface area contributed by atoms with Crippen molar-refractivity contribution in [3.8, 4) is 16.9 Å². The maximum Gasteiger partial charge on any atom is 0.321 e. The number of methoxy groups -OCH3 is 1. The van der Waals surface area contributed by atoms with Crippen molar-refractivity contribution in [1.29, 1.82) is 0 Å². The fourth-order valence-corrected chi connectivity index (χ4v) is 4.46. The van der Waals surface area contributed by atoms with E-state index in [0.717, 1.165) is 44.9 Å². The number of aromatic amines is 1. The molecular formula is C34H46N6O3. The van der Waals surface area contributed by atoms with Gasteiger partial charge in [0.2, 0.25) is 5.95 Å². The van der Waals surface area contributed by atoms with E-state index in [2.05, 4.69) is 25.6 Å². The topological polar surface area (TPSA) is 113 Å². The van der Waals surface area contributed by atoms with Crippen LogP contribution in [0.3, 0.4) is 0 Å². The van der Waals surface area contributed by atoms with Gasteiger partial charge in [-0.3, -0.25) is 15.1 Å². The number of nitrogens with one attached hydrogen (secondary N) is 3. The molecule has 3 N–H and O–H groups in total. The molecular weight excluding hydrogens is 540 g/mol. The quantitative estimate of drug-likeness (QED) is 0.178. The van der Waals surface area contributed by atoms with Crippen LogP contribution in [0.15, 0.2) is 70.5 Å². The highest BCUT2D eigenvalue weighted by Gasteiger charge is 2.16. The lowest BCUT2D eigenvalue weighted by Crippen LogP contribution is -2.28. The second kappa shape index (κ2) is 17.3. The number of carbonyl (C=O) groups is 1. The molecule has 0 aliphatic heterocycles. The molecule has 0 aliphatic carbocycles. The van der Waals surface area contributed by atoms with E-state index >= 15 is 0 Å². The number of imidazole rings is 1. The van der Waals surface area contributed by atoms with E-state index in [4.69, 9.17) is 4.74 Å². The van der Waals surface area contributed by atoms with Crippen LogP contribution in [0.4, 0.5) is 10.7 Å². The summed E-state index contributed by atoms with van der Waals surface area (Å²) in [4.78, 5) is 37.9. The molecule has 4 rings (SSSR count). The van der Waals surface area contributed by atoms with Gasteiger partial charge in [0, 0.05) is 30.4 Å². The van der Waals surface area contributed by atoms with Gasteiger partial charge in [0.1, 0.15) is 5.75 Å². The zero-order valence-corrected chi connectivity index (χ0v) is 27.0. The molecule has 0 saturated carbocycles. The molecule has 9 nitrogen and oxygen atoms in total. The van der Waals surface area contributed by atoms with Crippen LogP contribution in [0.2, 0.25) is 0 Å². The molecule has 2 aromatic carbocycles. The number of aromatic nitrogens is 3. The Morgan fingerprint density at radius 1 is 1.07 bits per heavy atom. The molecule has 0 unspecified atom stereocenters. The number of ether oxygens (including phenoxy) is 1. The predicted molar refractivity (Wildman–Crippen MR) is 180 cm³/mol. The SMILES string of the molecule is C/C=C\C(=NCC)c1cc(-c2cc(C)n(Cc3cccc(OC)c3)c(=O)c2)cc2[nH]c(NC(=O)NCC)nc12.CC.CC. The first-order valence-electron chi connectivity index (χ1n) is 15.0. The summed E-state index contributed by atoms with van der Waals surface area (Å²) in [6.45, 7) is 17.2. The minimum atomic E-state index is -0.343. The van der Waals surface area contributed by atoms with E-state index in [9.17, 15) is 9.59 Å². The molecule has 9 heteroatoms. The smallest absolute Gasteiger partial charge is 0.321 e. The van der Waals surface area contributed by atoms with Crippen molar-refractivity contribution in [1.82, 2.24) is 19.9 Å². The number of benzene rings is 2. The van der Waals surface area contributed by atoms with Crippen molar-refractivity contribution in [2.75, 3.05) is 25.5 Å². The number of H-pyrrole nitrogens is 1. The predicted octanol–water partition coefficient (Wildman–Crippen LogP) is 7.34. The number of allylic oxidation sites excluding steroid dienone is 2. The van der Waals surface area contributed by atoms with E-state index in [1.54, 1.807) is 17.7 Å². The summed E-state index contributed by atoms with van der Waals surface area (Å²) in [5.74, 6) is 1.08. The van der Waals surface area contributed by atoms with E-state index in [1.807, 2.05) is 110 Å². The summed E-state index contributed by atoms with van der Waals surface area (Å²) in [6, 6.07) is 14.9. The Hall–Kier alpha value is -4.66. The Morgan fingerprint density at radius 3 is 2.42 bits per heavy atom. The van der Waals surface area contributed by atoms with Gasteiger partial charge in [0.15, 0.2) is 0 Å². The number of rotatable bonds is 9. The molecule has 0 saturated heterocycles. The fourth-order valence-electron chi connectivity index (χ4n) is 4.46. The van der Waals surface area contributed by atoms with Crippen molar-refractivity contribution in [3.63, 3.8) is 0 Å². The molecule has 0 spiro atoms. The number of amides is 2. The van der Waals surface area contributed by atoms with Crippen LogP contribution in [0.25, 0.3) is 22.2 Å². The molecule has 0 fully saturated rings. The molecule has 2 amide bonds. The molecule has 4 aromatic rings. The largest absolute Gasteiger partial charge is 0.497 e. The molecule has 0 bridgehead atoms. The number of fused-ring (bicyclic) bond motifs is 1. The average Bonchev–Trinajstić information content (AvgIpc) is 3.42. The van der Waals surface area contributed by atoms with Crippen molar-refractivity contribution in [2.24, 2.45) is 4.99 Å². The number of aliphatic imine (C=N–C) groups is 1. The highest BCUT2D eigenvalue weighted by molar-refractivity contribution is 6.16. The third kappa shape index (κ3) is 8.91. The third-order valence-corrected chi connectivity index (χ3v) is 6.23. The normalized spacial score (nSPS) is 11.0.